The summed E-state index contributed by atoms with van der Waals surface area (Å²) < 4.78 is 67.0. The molecule has 0 aliphatic heterocycles. The second-order valence-corrected chi connectivity index (χ2v) is 7.99. The Morgan fingerprint density at radius 1 is 1.27 bits per heavy atom. The molecule has 0 saturated heterocycles. The molecule has 2 aromatic rings. The van der Waals surface area contributed by atoms with Gasteiger partial charge in [0.05, 0.1) is 10.8 Å². The normalized spacial score (nSPS) is 13.3. The van der Waals surface area contributed by atoms with Crippen molar-refractivity contribution in [3.63, 3.8) is 0 Å². The number of thiophene rings is 1. The molecule has 2 N–H and O–H groups in total. The van der Waals surface area contributed by atoms with Crippen molar-refractivity contribution in [3.05, 3.63) is 46.7 Å². The van der Waals surface area contributed by atoms with Gasteiger partial charge in [-0.25, -0.2) is 13.1 Å². The number of hydrogen-bond donors (Lipinski definition) is 2. The maximum absolute atomic E-state index is 12.2. The molecule has 1 unspecified atom stereocenters. The molecule has 0 amide bonds. The largest absolute Gasteiger partial charge is 0.573 e. The highest BCUT2D eigenvalue weighted by molar-refractivity contribution is 7.89. The van der Waals surface area contributed by atoms with E-state index < -0.39 is 45.5 Å². The molecule has 142 valence electrons. The van der Waals surface area contributed by atoms with E-state index in [2.05, 4.69) is 9.46 Å². The molecule has 1 atom stereocenters. The molecular formula is C15H14F3NO5S2. The third-order valence-electron chi connectivity index (χ3n) is 3.25. The lowest BCUT2D eigenvalue weighted by molar-refractivity contribution is -0.274. The van der Waals surface area contributed by atoms with Crippen molar-refractivity contribution in [1.29, 1.82) is 0 Å². The quantitative estimate of drug-likeness (QED) is 0.700. The molecule has 1 heterocycles. The number of halogens is 3. The van der Waals surface area contributed by atoms with Crippen LogP contribution >= 0.6 is 11.3 Å². The van der Waals surface area contributed by atoms with Crippen molar-refractivity contribution < 1.29 is 36.2 Å². The summed E-state index contributed by atoms with van der Waals surface area (Å²) in [7, 11) is -4.20. The summed E-state index contributed by atoms with van der Waals surface area (Å²) in [5, 5.41) is 11.0. The monoisotopic (exact) mass is 409 g/mol. The average Bonchev–Trinajstić information content (AvgIpc) is 3.03. The fraction of sp³-hybridized carbons (Fsp3) is 0.267. The van der Waals surface area contributed by atoms with E-state index in [1.54, 1.807) is 17.5 Å². The van der Waals surface area contributed by atoms with Crippen LogP contribution in [-0.2, 0) is 21.2 Å². The van der Waals surface area contributed by atoms with E-state index in [1.165, 1.54) is 11.3 Å². The van der Waals surface area contributed by atoms with Gasteiger partial charge in [-0.05, 0) is 30.0 Å². The van der Waals surface area contributed by atoms with Crippen LogP contribution < -0.4 is 9.46 Å². The highest BCUT2D eigenvalue weighted by Gasteiger charge is 2.31. The van der Waals surface area contributed by atoms with Gasteiger partial charge in [-0.2, -0.15) is 0 Å². The van der Waals surface area contributed by atoms with Crippen molar-refractivity contribution in [3.8, 4) is 5.75 Å². The number of carbonyl (C=O) groups is 1. The van der Waals surface area contributed by atoms with E-state index in [-0.39, 0.29) is 6.42 Å². The molecular weight excluding hydrogens is 395 g/mol. The molecule has 6 nitrogen and oxygen atoms in total. The summed E-state index contributed by atoms with van der Waals surface area (Å²) in [5.74, 6) is -2.89. The van der Waals surface area contributed by atoms with Gasteiger partial charge in [-0.3, -0.25) is 4.79 Å². The van der Waals surface area contributed by atoms with Gasteiger partial charge in [-0.15, -0.1) is 24.5 Å². The van der Waals surface area contributed by atoms with Crippen LogP contribution in [0.15, 0.2) is 46.7 Å². The lowest BCUT2D eigenvalue weighted by atomic mass is 10.1. The first-order valence-electron chi connectivity index (χ1n) is 7.17. The summed E-state index contributed by atoms with van der Waals surface area (Å²) in [6, 6.07) is 7.33. The van der Waals surface area contributed by atoms with Crippen LogP contribution in [0.3, 0.4) is 0 Å². The first kappa shape index (κ1) is 20.2. The van der Waals surface area contributed by atoms with E-state index >= 15 is 0 Å². The Morgan fingerprint density at radius 2 is 2.00 bits per heavy atom. The van der Waals surface area contributed by atoms with Crippen molar-refractivity contribution in [1.82, 2.24) is 4.72 Å². The number of sulfonamides is 1. The number of hydrogen-bond acceptors (Lipinski definition) is 5. The van der Waals surface area contributed by atoms with E-state index in [4.69, 9.17) is 0 Å². The number of benzene rings is 1. The predicted octanol–water partition coefficient (Wildman–Crippen LogP) is 2.87. The smallest absolute Gasteiger partial charge is 0.481 e. The molecule has 0 bridgehead atoms. The maximum Gasteiger partial charge on any atom is 0.573 e. The van der Waals surface area contributed by atoms with Gasteiger partial charge in [0.2, 0.25) is 10.0 Å². The molecule has 0 spiro atoms. The first-order chi connectivity index (χ1) is 12.1. The second-order valence-electron chi connectivity index (χ2n) is 5.19. The topological polar surface area (TPSA) is 92.7 Å². The van der Waals surface area contributed by atoms with Gasteiger partial charge in [0.25, 0.3) is 0 Å². The van der Waals surface area contributed by atoms with Gasteiger partial charge in [-0.1, -0.05) is 12.1 Å². The Hall–Kier alpha value is -2.11. The summed E-state index contributed by atoms with van der Waals surface area (Å²) in [4.78, 5) is 11.6. The molecule has 2 rings (SSSR count). The van der Waals surface area contributed by atoms with Gasteiger partial charge < -0.3 is 9.84 Å². The second kappa shape index (κ2) is 8.06. The summed E-state index contributed by atoms with van der Waals surface area (Å²) in [6.45, 7) is -0.403. The van der Waals surface area contributed by atoms with E-state index in [1.807, 2.05) is 0 Å². The number of carboxylic acid groups (broad SMARTS) is 1. The van der Waals surface area contributed by atoms with E-state index in [0.29, 0.717) is 6.07 Å². The Bertz CT molecular complexity index is 850. The van der Waals surface area contributed by atoms with Gasteiger partial charge >= 0.3 is 12.3 Å². The standard InChI is InChI=1S/C15H14F3NO5S2/c16-15(17,18)24-11-3-1-5-13(8-11)26(22,23)19-9-10(14(20)21)7-12-4-2-6-25-12/h1-6,8,10,19H,7,9H2,(H,20,21). The Morgan fingerprint density at radius 3 is 2.58 bits per heavy atom. The zero-order chi connectivity index (χ0) is 19.4. The lowest BCUT2D eigenvalue weighted by Gasteiger charge is -2.14. The molecule has 26 heavy (non-hydrogen) atoms. The lowest BCUT2D eigenvalue weighted by Crippen LogP contribution is -2.34. The molecule has 0 radical (unpaired) electrons. The maximum atomic E-state index is 12.2. The van der Waals surface area contributed by atoms with Crippen LogP contribution in [0.5, 0.6) is 5.75 Å². The Balaban J connectivity index is 2.09. The van der Waals surface area contributed by atoms with Gasteiger partial charge in [0.15, 0.2) is 0 Å². The van der Waals surface area contributed by atoms with Gasteiger partial charge in [0, 0.05) is 17.5 Å². The van der Waals surface area contributed by atoms with Crippen LogP contribution in [-0.4, -0.2) is 32.4 Å². The van der Waals surface area contributed by atoms with Crippen LogP contribution in [0.2, 0.25) is 0 Å². The molecule has 1 aromatic heterocycles. The molecule has 0 fully saturated rings. The number of alkyl halides is 3. The fourth-order valence-corrected chi connectivity index (χ4v) is 3.95. The summed E-state index contributed by atoms with van der Waals surface area (Å²) in [5.41, 5.74) is 0. The highest BCUT2D eigenvalue weighted by Crippen LogP contribution is 2.25. The third kappa shape index (κ3) is 6.00. The predicted molar refractivity (Wildman–Crippen MR) is 87.5 cm³/mol. The third-order valence-corrected chi connectivity index (χ3v) is 5.57. The SMILES string of the molecule is O=C(O)C(CNS(=O)(=O)c1cccc(OC(F)(F)F)c1)Cc1cccs1. The van der Waals surface area contributed by atoms with Gasteiger partial charge in [0.1, 0.15) is 5.75 Å². The number of ether oxygens (including phenoxy) is 1. The fourth-order valence-electron chi connectivity index (χ4n) is 2.05. The molecule has 0 saturated carbocycles. The van der Waals surface area contributed by atoms with Crippen molar-refractivity contribution in [2.45, 2.75) is 17.7 Å². The molecule has 1 aromatic carbocycles. The molecule has 0 aliphatic rings. The molecule has 11 heteroatoms. The minimum Gasteiger partial charge on any atom is -0.481 e. The zero-order valence-corrected chi connectivity index (χ0v) is 14.7. The minimum absolute atomic E-state index is 0.132. The average molecular weight is 409 g/mol. The number of nitrogens with one attached hydrogen (secondary N) is 1. The number of carboxylic acids is 1. The summed E-state index contributed by atoms with van der Waals surface area (Å²) >= 11 is 1.34. The van der Waals surface area contributed by atoms with Crippen molar-refractivity contribution >= 4 is 27.3 Å². The van der Waals surface area contributed by atoms with E-state index in [0.717, 1.165) is 23.1 Å². The van der Waals surface area contributed by atoms with Crippen molar-refractivity contribution in [2.75, 3.05) is 6.54 Å². The first-order valence-corrected chi connectivity index (χ1v) is 9.54. The Kier molecular flexibility index (Phi) is 6.26. The number of rotatable bonds is 8. The Labute approximate surface area is 151 Å². The summed E-state index contributed by atoms with van der Waals surface area (Å²) in [6.07, 6.45) is -4.82. The van der Waals surface area contributed by atoms with E-state index in [9.17, 15) is 31.5 Å². The van der Waals surface area contributed by atoms with Crippen molar-refractivity contribution in [2.24, 2.45) is 5.92 Å². The highest BCUT2D eigenvalue weighted by atomic mass is 32.2. The van der Waals surface area contributed by atoms with Crippen LogP contribution in [0.1, 0.15) is 4.88 Å². The van der Waals surface area contributed by atoms with Crippen LogP contribution in [0, 0.1) is 5.92 Å². The van der Waals surface area contributed by atoms with Crippen LogP contribution in [0.25, 0.3) is 0 Å². The number of aliphatic carboxylic acids is 1. The molecule has 0 aliphatic carbocycles. The zero-order valence-electron chi connectivity index (χ0n) is 13.1. The van der Waals surface area contributed by atoms with Crippen LogP contribution in [0.4, 0.5) is 13.2 Å². The minimum atomic E-state index is -4.95.